The zero-order chi connectivity index (χ0) is 11.9. The van der Waals surface area contributed by atoms with Crippen LogP contribution in [0.3, 0.4) is 0 Å². The number of aryl methyl sites for hydroxylation is 3. The van der Waals surface area contributed by atoms with Gasteiger partial charge in [0.15, 0.2) is 4.80 Å². The highest BCUT2D eigenvalue weighted by atomic mass is 32.1. The van der Waals surface area contributed by atoms with E-state index in [4.69, 9.17) is 5.41 Å². The molecule has 2 rings (SSSR count). The van der Waals surface area contributed by atoms with Crippen LogP contribution in [0.25, 0.3) is 11.3 Å². The monoisotopic (exact) mass is 232 g/mol. The van der Waals surface area contributed by atoms with E-state index in [1.807, 2.05) is 11.6 Å². The van der Waals surface area contributed by atoms with E-state index < -0.39 is 0 Å². The third-order valence-electron chi connectivity index (χ3n) is 2.87. The Morgan fingerprint density at radius 1 is 1.19 bits per heavy atom. The van der Waals surface area contributed by atoms with Crippen LogP contribution in [0.4, 0.5) is 0 Å². The van der Waals surface area contributed by atoms with E-state index in [0.29, 0.717) is 4.80 Å². The third-order valence-corrected chi connectivity index (χ3v) is 3.84. The Bertz CT molecular complexity index is 590. The number of aromatic nitrogens is 1. The van der Waals surface area contributed by atoms with Crippen LogP contribution in [-0.2, 0) is 7.05 Å². The molecule has 16 heavy (non-hydrogen) atoms. The van der Waals surface area contributed by atoms with Crippen molar-refractivity contribution < 1.29 is 0 Å². The van der Waals surface area contributed by atoms with Crippen LogP contribution < -0.4 is 4.80 Å². The van der Waals surface area contributed by atoms with Crippen molar-refractivity contribution in [2.24, 2.45) is 7.05 Å². The second-order valence-corrected chi connectivity index (χ2v) is 5.39. The van der Waals surface area contributed by atoms with Crippen molar-refractivity contribution >= 4 is 11.3 Å². The Morgan fingerprint density at radius 2 is 1.88 bits per heavy atom. The fraction of sp³-hybridized carbons (Fsp3) is 0.308. The van der Waals surface area contributed by atoms with Crippen LogP contribution in [0, 0.1) is 26.2 Å². The van der Waals surface area contributed by atoms with E-state index in [0.717, 1.165) is 0 Å². The Labute approximate surface area is 99.7 Å². The highest BCUT2D eigenvalue weighted by Gasteiger charge is 2.11. The van der Waals surface area contributed by atoms with Gasteiger partial charge < -0.3 is 4.57 Å². The van der Waals surface area contributed by atoms with Gasteiger partial charge in [0, 0.05) is 17.5 Å². The molecule has 0 bridgehead atoms. The molecule has 0 saturated heterocycles. The third kappa shape index (κ3) is 1.71. The first-order valence-corrected chi connectivity index (χ1v) is 6.11. The molecule has 1 heterocycles. The normalized spacial score (nSPS) is 10.8. The lowest BCUT2D eigenvalue weighted by Crippen LogP contribution is -2.09. The molecule has 0 radical (unpaired) electrons. The molecule has 0 saturated carbocycles. The molecule has 0 atom stereocenters. The molecule has 1 N–H and O–H groups in total. The van der Waals surface area contributed by atoms with Gasteiger partial charge in [0.25, 0.3) is 0 Å². The number of rotatable bonds is 1. The molecule has 0 unspecified atom stereocenters. The zero-order valence-electron chi connectivity index (χ0n) is 10.1. The highest BCUT2D eigenvalue weighted by molar-refractivity contribution is 7.09. The van der Waals surface area contributed by atoms with Crippen molar-refractivity contribution in [3.8, 4) is 11.3 Å². The number of nitrogens with one attached hydrogen (secondary N) is 1. The number of nitrogens with zero attached hydrogens (tertiary/aromatic N) is 1. The summed E-state index contributed by atoms with van der Waals surface area (Å²) in [6, 6.07) is 6.47. The molecule has 0 spiro atoms. The summed E-state index contributed by atoms with van der Waals surface area (Å²) >= 11 is 1.53. The quantitative estimate of drug-likeness (QED) is 0.782. The minimum atomic E-state index is 0.605. The topological polar surface area (TPSA) is 28.8 Å². The number of hydrogen-bond donors (Lipinski definition) is 1. The summed E-state index contributed by atoms with van der Waals surface area (Å²) in [5, 5.41) is 7.84. The first kappa shape index (κ1) is 11.1. The van der Waals surface area contributed by atoms with E-state index in [1.54, 1.807) is 0 Å². The van der Waals surface area contributed by atoms with Crippen molar-refractivity contribution in [3.63, 3.8) is 0 Å². The largest absolute Gasteiger partial charge is 0.320 e. The van der Waals surface area contributed by atoms with Crippen LogP contribution in [0.2, 0.25) is 0 Å². The predicted octanol–water partition coefficient (Wildman–Crippen LogP) is 3.16. The van der Waals surface area contributed by atoms with Crippen LogP contribution in [0.1, 0.15) is 16.0 Å². The standard InChI is InChI=1S/C13H16N2S/c1-8-5-6-9(2)11(7-8)12-10(3)16-13(14)15(12)4/h5-7,14H,1-4H3. The van der Waals surface area contributed by atoms with Crippen LogP contribution in [-0.4, -0.2) is 4.57 Å². The second kappa shape index (κ2) is 3.91. The summed E-state index contributed by atoms with van der Waals surface area (Å²) in [4.78, 5) is 1.81. The fourth-order valence-electron chi connectivity index (χ4n) is 1.96. The maximum absolute atomic E-state index is 7.84. The van der Waals surface area contributed by atoms with Crippen LogP contribution in [0.15, 0.2) is 18.2 Å². The van der Waals surface area contributed by atoms with Gasteiger partial charge in [-0.05, 0) is 32.4 Å². The van der Waals surface area contributed by atoms with Gasteiger partial charge in [-0.25, -0.2) is 0 Å². The van der Waals surface area contributed by atoms with E-state index in [1.165, 1.54) is 38.6 Å². The minimum absolute atomic E-state index is 0.605. The molecular formula is C13H16N2S. The zero-order valence-corrected chi connectivity index (χ0v) is 10.9. The van der Waals surface area contributed by atoms with Crippen molar-refractivity contribution in [2.75, 3.05) is 0 Å². The van der Waals surface area contributed by atoms with Gasteiger partial charge in [-0.1, -0.05) is 17.7 Å². The number of benzene rings is 1. The Balaban J connectivity index is 2.76. The summed E-state index contributed by atoms with van der Waals surface area (Å²) < 4.78 is 1.96. The molecule has 1 aromatic heterocycles. The summed E-state index contributed by atoms with van der Waals surface area (Å²) in [5.74, 6) is 0. The van der Waals surface area contributed by atoms with Gasteiger partial charge in [0.05, 0.1) is 5.69 Å². The van der Waals surface area contributed by atoms with Crippen LogP contribution in [0.5, 0.6) is 0 Å². The smallest absolute Gasteiger partial charge is 0.182 e. The lowest BCUT2D eigenvalue weighted by atomic mass is 10.0. The van der Waals surface area contributed by atoms with E-state index in [2.05, 4.69) is 39.0 Å². The van der Waals surface area contributed by atoms with E-state index in [9.17, 15) is 0 Å². The molecule has 0 aliphatic carbocycles. The van der Waals surface area contributed by atoms with Gasteiger partial charge in [0.2, 0.25) is 0 Å². The maximum atomic E-state index is 7.84. The van der Waals surface area contributed by atoms with E-state index >= 15 is 0 Å². The molecule has 0 aliphatic rings. The van der Waals surface area contributed by atoms with Crippen molar-refractivity contribution in [3.05, 3.63) is 39.0 Å². The highest BCUT2D eigenvalue weighted by Crippen LogP contribution is 2.28. The summed E-state index contributed by atoms with van der Waals surface area (Å²) in [6.45, 7) is 6.31. The Hall–Kier alpha value is -1.35. The second-order valence-electron chi connectivity index (χ2n) is 4.19. The molecule has 1 aromatic carbocycles. The summed E-state index contributed by atoms with van der Waals surface area (Å²) in [5.41, 5.74) is 4.95. The minimum Gasteiger partial charge on any atom is -0.320 e. The first-order valence-electron chi connectivity index (χ1n) is 5.29. The molecule has 0 aliphatic heterocycles. The molecular weight excluding hydrogens is 216 g/mol. The van der Waals surface area contributed by atoms with Gasteiger partial charge in [-0.15, -0.1) is 11.3 Å². The predicted molar refractivity (Wildman–Crippen MR) is 68.8 cm³/mol. The van der Waals surface area contributed by atoms with Gasteiger partial charge in [-0.3, -0.25) is 5.41 Å². The summed E-state index contributed by atoms with van der Waals surface area (Å²) in [7, 11) is 1.96. The SMILES string of the molecule is Cc1ccc(C)c(-c2c(C)sc(=N)n2C)c1. The van der Waals surface area contributed by atoms with Gasteiger partial charge >= 0.3 is 0 Å². The first-order chi connectivity index (χ1) is 7.50. The molecule has 3 heteroatoms. The van der Waals surface area contributed by atoms with Crippen molar-refractivity contribution in [2.45, 2.75) is 20.8 Å². The van der Waals surface area contributed by atoms with Gasteiger partial charge in [-0.2, -0.15) is 0 Å². The lowest BCUT2D eigenvalue weighted by Gasteiger charge is -2.09. The maximum Gasteiger partial charge on any atom is 0.182 e. The van der Waals surface area contributed by atoms with Gasteiger partial charge in [0.1, 0.15) is 0 Å². The molecule has 2 nitrogen and oxygen atoms in total. The Morgan fingerprint density at radius 3 is 2.44 bits per heavy atom. The average Bonchev–Trinajstić information content (AvgIpc) is 2.46. The number of thiazole rings is 1. The fourth-order valence-corrected chi connectivity index (χ4v) is 2.82. The number of hydrogen-bond acceptors (Lipinski definition) is 2. The molecule has 0 amide bonds. The molecule has 2 aromatic rings. The van der Waals surface area contributed by atoms with Crippen LogP contribution >= 0.6 is 11.3 Å². The van der Waals surface area contributed by atoms with Crippen molar-refractivity contribution in [1.29, 1.82) is 5.41 Å². The summed E-state index contributed by atoms with van der Waals surface area (Å²) in [6.07, 6.45) is 0. The molecule has 0 fully saturated rings. The lowest BCUT2D eigenvalue weighted by molar-refractivity contribution is 0.862. The van der Waals surface area contributed by atoms with Crippen molar-refractivity contribution in [1.82, 2.24) is 4.57 Å². The molecule has 84 valence electrons. The Kier molecular flexibility index (Phi) is 2.72. The van der Waals surface area contributed by atoms with E-state index in [-0.39, 0.29) is 0 Å². The average molecular weight is 232 g/mol.